The first-order valence-corrected chi connectivity index (χ1v) is 6.33. The van der Waals surface area contributed by atoms with Crippen LogP contribution in [0.3, 0.4) is 0 Å². The summed E-state index contributed by atoms with van der Waals surface area (Å²) in [5, 5.41) is 11.3. The van der Waals surface area contributed by atoms with Crippen molar-refractivity contribution in [3.05, 3.63) is 29.8 Å². The summed E-state index contributed by atoms with van der Waals surface area (Å²) in [6.45, 7) is 0.524. The summed E-state index contributed by atoms with van der Waals surface area (Å²) in [7, 11) is 1.62. The molecule has 0 aliphatic heterocycles. The minimum Gasteiger partial charge on any atom is -0.493 e. The van der Waals surface area contributed by atoms with E-state index in [1.165, 1.54) is 11.8 Å². The zero-order valence-electron chi connectivity index (χ0n) is 9.60. The molecule has 1 amide bonds. The van der Waals surface area contributed by atoms with Crippen LogP contribution in [0.4, 0.5) is 0 Å². The average molecular weight is 250 g/mol. The molecule has 0 unspecified atom stereocenters. The quantitative estimate of drug-likeness (QED) is 0.776. The third kappa shape index (κ3) is 5.27. The van der Waals surface area contributed by atoms with Gasteiger partial charge in [-0.2, -0.15) is 5.26 Å². The Hall–Kier alpha value is -1.67. The molecule has 0 saturated carbocycles. The SMILES string of the molecule is CNC(=O)CSCCOc1cccc(C#N)c1. The number of hydrogen-bond donors (Lipinski definition) is 1. The number of carbonyl (C=O) groups excluding carboxylic acids is 1. The van der Waals surface area contributed by atoms with Crippen LogP contribution in [-0.4, -0.2) is 31.1 Å². The molecule has 0 spiro atoms. The lowest BCUT2D eigenvalue weighted by molar-refractivity contribution is -0.118. The molecule has 0 aliphatic carbocycles. The zero-order valence-corrected chi connectivity index (χ0v) is 10.4. The standard InChI is InChI=1S/C12H14N2O2S/c1-14-12(15)9-17-6-5-16-11-4-2-3-10(7-11)8-13/h2-4,7H,5-6,9H2,1H3,(H,14,15). The van der Waals surface area contributed by atoms with Gasteiger partial charge >= 0.3 is 0 Å². The first kappa shape index (κ1) is 13.4. The van der Waals surface area contributed by atoms with Gasteiger partial charge in [0, 0.05) is 12.8 Å². The Morgan fingerprint density at radius 1 is 1.59 bits per heavy atom. The smallest absolute Gasteiger partial charge is 0.229 e. The molecular formula is C12H14N2O2S. The number of benzene rings is 1. The largest absolute Gasteiger partial charge is 0.493 e. The molecule has 0 aromatic heterocycles. The Balaban J connectivity index is 2.22. The molecule has 0 bridgehead atoms. The highest BCUT2D eigenvalue weighted by Crippen LogP contribution is 2.12. The lowest BCUT2D eigenvalue weighted by Gasteiger charge is -2.05. The van der Waals surface area contributed by atoms with Crippen LogP contribution in [-0.2, 0) is 4.79 Å². The van der Waals surface area contributed by atoms with Gasteiger partial charge in [-0.15, -0.1) is 11.8 Å². The van der Waals surface area contributed by atoms with Gasteiger partial charge in [0.05, 0.1) is 24.0 Å². The third-order valence-corrected chi connectivity index (χ3v) is 2.89. The van der Waals surface area contributed by atoms with E-state index in [1.54, 1.807) is 25.2 Å². The fraction of sp³-hybridized carbons (Fsp3) is 0.333. The maximum atomic E-state index is 10.9. The van der Waals surface area contributed by atoms with Crippen molar-refractivity contribution in [3.8, 4) is 11.8 Å². The molecule has 17 heavy (non-hydrogen) atoms. The molecule has 0 atom stereocenters. The summed E-state index contributed by atoms with van der Waals surface area (Å²) in [5.74, 6) is 1.88. The Morgan fingerprint density at radius 2 is 2.41 bits per heavy atom. The van der Waals surface area contributed by atoms with E-state index < -0.39 is 0 Å². The van der Waals surface area contributed by atoms with Crippen LogP contribution in [0.2, 0.25) is 0 Å². The lowest BCUT2D eigenvalue weighted by Crippen LogP contribution is -2.20. The van der Waals surface area contributed by atoms with Crippen LogP contribution in [0.1, 0.15) is 5.56 Å². The van der Waals surface area contributed by atoms with Gasteiger partial charge in [0.15, 0.2) is 0 Å². The Kier molecular flexibility index (Phi) is 5.97. The number of thioether (sulfide) groups is 1. The number of nitrogens with one attached hydrogen (secondary N) is 1. The molecule has 5 heteroatoms. The van der Waals surface area contributed by atoms with E-state index >= 15 is 0 Å². The van der Waals surface area contributed by atoms with Crippen LogP contribution in [0.15, 0.2) is 24.3 Å². The van der Waals surface area contributed by atoms with E-state index in [9.17, 15) is 4.79 Å². The van der Waals surface area contributed by atoms with Gasteiger partial charge in [0.2, 0.25) is 5.91 Å². The second kappa shape index (κ2) is 7.58. The van der Waals surface area contributed by atoms with Gasteiger partial charge in [-0.05, 0) is 18.2 Å². The molecule has 4 nitrogen and oxygen atoms in total. The lowest BCUT2D eigenvalue weighted by atomic mass is 10.2. The predicted molar refractivity (Wildman–Crippen MR) is 68.0 cm³/mol. The van der Waals surface area contributed by atoms with Crippen LogP contribution in [0.5, 0.6) is 5.75 Å². The molecule has 0 heterocycles. The van der Waals surface area contributed by atoms with E-state index in [4.69, 9.17) is 10.00 Å². The Bertz CT molecular complexity index is 415. The normalized spacial score (nSPS) is 9.41. The van der Waals surface area contributed by atoms with Crippen LogP contribution >= 0.6 is 11.8 Å². The maximum absolute atomic E-state index is 10.9. The molecule has 1 aromatic rings. The number of nitrogens with zero attached hydrogens (tertiary/aromatic N) is 1. The van der Waals surface area contributed by atoms with E-state index in [0.717, 1.165) is 5.75 Å². The van der Waals surface area contributed by atoms with Gasteiger partial charge in [-0.1, -0.05) is 6.07 Å². The van der Waals surface area contributed by atoms with E-state index in [1.807, 2.05) is 6.07 Å². The fourth-order valence-electron chi connectivity index (χ4n) is 1.11. The summed E-state index contributed by atoms with van der Waals surface area (Å²) in [6.07, 6.45) is 0. The van der Waals surface area contributed by atoms with E-state index in [-0.39, 0.29) is 5.91 Å². The predicted octanol–water partition coefficient (Wildman–Crippen LogP) is 1.42. The average Bonchev–Trinajstić information content (AvgIpc) is 2.38. The summed E-state index contributed by atoms with van der Waals surface area (Å²) in [4.78, 5) is 10.9. The number of ether oxygens (including phenoxy) is 1. The second-order valence-electron chi connectivity index (χ2n) is 3.21. The summed E-state index contributed by atoms with van der Waals surface area (Å²) < 4.78 is 5.46. The fourth-order valence-corrected chi connectivity index (χ4v) is 1.79. The molecule has 1 rings (SSSR count). The van der Waals surface area contributed by atoms with Crippen molar-refractivity contribution in [1.82, 2.24) is 5.32 Å². The minimum atomic E-state index is 0.0153. The monoisotopic (exact) mass is 250 g/mol. The van der Waals surface area contributed by atoms with Gasteiger partial charge in [0.1, 0.15) is 5.75 Å². The first-order valence-electron chi connectivity index (χ1n) is 5.17. The highest BCUT2D eigenvalue weighted by atomic mass is 32.2. The van der Waals surface area contributed by atoms with Gasteiger partial charge in [0.25, 0.3) is 0 Å². The molecule has 0 fully saturated rings. The van der Waals surface area contributed by atoms with Crippen molar-refractivity contribution in [3.63, 3.8) is 0 Å². The number of rotatable bonds is 6. The summed E-state index contributed by atoms with van der Waals surface area (Å²) in [5.41, 5.74) is 0.584. The number of nitriles is 1. The molecular weight excluding hydrogens is 236 g/mol. The van der Waals surface area contributed by atoms with Gasteiger partial charge in [-0.3, -0.25) is 4.79 Å². The van der Waals surface area contributed by atoms with Crippen molar-refractivity contribution >= 4 is 17.7 Å². The molecule has 0 saturated heterocycles. The second-order valence-corrected chi connectivity index (χ2v) is 4.32. The summed E-state index contributed by atoms with van der Waals surface area (Å²) in [6, 6.07) is 9.07. The molecule has 90 valence electrons. The van der Waals surface area contributed by atoms with Crippen LogP contribution < -0.4 is 10.1 Å². The van der Waals surface area contributed by atoms with Gasteiger partial charge in [-0.25, -0.2) is 0 Å². The van der Waals surface area contributed by atoms with Crippen molar-refractivity contribution in [2.24, 2.45) is 0 Å². The van der Waals surface area contributed by atoms with Crippen LogP contribution in [0.25, 0.3) is 0 Å². The maximum Gasteiger partial charge on any atom is 0.229 e. The van der Waals surface area contributed by atoms with Crippen molar-refractivity contribution < 1.29 is 9.53 Å². The van der Waals surface area contributed by atoms with Crippen LogP contribution in [0, 0.1) is 11.3 Å². The Labute approximate surface area is 105 Å². The highest BCUT2D eigenvalue weighted by Gasteiger charge is 1.99. The molecule has 1 N–H and O–H groups in total. The van der Waals surface area contributed by atoms with E-state index in [0.29, 0.717) is 23.7 Å². The van der Waals surface area contributed by atoms with E-state index in [2.05, 4.69) is 11.4 Å². The Morgan fingerprint density at radius 3 is 3.12 bits per heavy atom. The number of carbonyl (C=O) groups is 1. The highest BCUT2D eigenvalue weighted by molar-refractivity contribution is 7.99. The first-order chi connectivity index (χ1) is 8.26. The molecule has 1 aromatic carbocycles. The number of hydrogen-bond acceptors (Lipinski definition) is 4. The summed E-state index contributed by atoms with van der Waals surface area (Å²) >= 11 is 1.51. The molecule has 0 radical (unpaired) electrons. The minimum absolute atomic E-state index is 0.0153. The van der Waals surface area contributed by atoms with Crippen molar-refractivity contribution in [1.29, 1.82) is 5.26 Å². The third-order valence-electron chi connectivity index (χ3n) is 1.97. The topological polar surface area (TPSA) is 62.1 Å². The number of amides is 1. The van der Waals surface area contributed by atoms with Crippen molar-refractivity contribution in [2.75, 3.05) is 25.2 Å². The molecule has 0 aliphatic rings. The zero-order chi connectivity index (χ0) is 12.5. The van der Waals surface area contributed by atoms with Crippen molar-refractivity contribution in [2.45, 2.75) is 0 Å². The van der Waals surface area contributed by atoms with Gasteiger partial charge < -0.3 is 10.1 Å².